The first-order valence-corrected chi connectivity index (χ1v) is 50.5. The van der Waals surface area contributed by atoms with E-state index < -0.39 is 31.8 Å². The smallest absolute Gasteiger partial charge is 1.00 e. The molecule has 40 nitrogen and oxygen atoms in total. The van der Waals surface area contributed by atoms with Crippen molar-refractivity contribution in [1.82, 2.24) is 116 Å². The van der Waals surface area contributed by atoms with Gasteiger partial charge in [0.25, 0.3) is 17.7 Å². The molecule has 11 heterocycles. The monoisotopic (exact) mass is 2160 g/mol. The van der Waals surface area contributed by atoms with Crippen molar-refractivity contribution in [1.29, 1.82) is 0 Å². The number of carbonyl (C=O) groups excluding carboxylic acids is 6. The van der Waals surface area contributed by atoms with Crippen LogP contribution in [0.5, 0.6) is 23.0 Å². The number of nitrogen functional groups attached to an aromatic ring is 1. The Bertz CT molecular complexity index is 5410. The third kappa shape index (κ3) is 53.2. The number of carboxylic acid groups (broad SMARTS) is 1. The number of nitrogens with one attached hydrogen (secondary N) is 5. The Kier molecular flexibility index (Phi) is 61.7. The van der Waals surface area contributed by atoms with Crippen molar-refractivity contribution in [3.05, 3.63) is 221 Å². The van der Waals surface area contributed by atoms with Crippen LogP contribution in [0.1, 0.15) is 233 Å². The van der Waals surface area contributed by atoms with Gasteiger partial charge in [-0.3, -0.25) is 78.3 Å². The summed E-state index contributed by atoms with van der Waals surface area (Å²) in [5, 5.41) is 78.5. The summed E-state index contributed by atoms with van der Waals surface area (Å²) in [7, 11) is 7.44. The summed E-state index contributed by atoms with van der Waals surface area (Å²) in [6.45, 7) is 10.5. The topological polar surface area (TPSA) is 526 Å². The molecule has 0 bridgehead atoms. The van der Waals surface area contributed by atoms with Gasteiger partial charge in [0.05, 0.1) is 120 Å². The van der Waals surface area contributed by atoms with Crippen LogP contribution >= 0.6 is 45.3 Å². The summed E-state index contributed by atoms with van der Waals surface area (Å²) in [5.41, 5.74) is 10.4. The molecular weight excluding hydrogens is 2030 g/mol. The molecule has 0 atom stereocenters. The quantitative estimate of drug-likeness (QED) is 0.00610. The Balaban J connectivity index is 0.000000599. The first-order valence-electron chi connectivity index (χ1n) is 47.3. The number of amides is 5. The van der Waals surface area contributed by atoms with Crippen molar-refractivity contribution >= 4 is 104 Å². The number of aryl methyl sites for hydroxylation is 6. The number of unbranched alkanes of at least 4 members (excludes halogenated alkanes) is 3. The van der Waals surface area contributed by atoms with Gasteiger partial charge in [-0.1, -0.05) is 46.3 Å². The average molecular weight is 2160 g/mol. The molecule has 0 radical (unpaired) electrons. The van der Waals surface area contributed by atoms with Crippen LogP contribution in [0.4, 0.5) is 30.6 Å². The Morgan fingerprint density at radius 2 is 0.786 bits per heavy atom. The molecule has 11 aromatic heterocycles. The minimum absolute atomic E-state index is 0. The van der Waals surface area contributed by atoms with Crippen molar-refractivity contribution in [3.8, 4) is 23.0 Å². The van der Waals surface area contributed by atoms with E-state index in [0.29, 0.717) is 88.6 Å². The zero-order chi connectivity index (χ0) is 105. The minimum atomic E-state index is -1.00. The molecule has 0 unspecified atom stereocenters. The number of hydrogen-bond donors (Lipinski definition) is 8. The third-order valence-electron chi connectivity index (χ3n) is 20.6. The van der Waals surface area contributed by atoms with E-state index in [2.05, 4.69) is 125 Å². The molecule has 5 aliphatic carbocycles. The number of carboxylic acids is 1. The Morgan fingerprint density at radius 1 is 0.476 bits per heavy atom. The SMILES string of the molecule is C.CNC(=O)c1cn(CCCCc2ccc(N)nn2)nn1.CNC(=O)c1cn(CCCCc2ccc(NC(=O)Cc3cc(OC4CCC4)ccn3)nn2)nn1.CNC(=O)c1cn(CCCCc2ccc(NC(=O)Cc3cc(OC4CCC4)ccn3)nn2)nn1.Cl.Clc1cc(OC2CCC2)ccn1.Fc1ccnc(Cl)c1.O=C(O)Cc1cc(OC2CCC2)ccn1.OC1CCC1.[2H]CF.[2H]CF.[CH2-]C(=O)OC(C)(C)C.[Cl][Zn+].[H-].[Na+]. The number of nitrogens with zero attached hydrogens (tertiary/aromatic N) is 20. The van der Waals surface area contributed by atoms with E-state index in [-0.39, 0.29) is 129 Å². The van der Waals surface area contributed by atoms with E-state index in [1.165, 1.54) is 57.2 Å². The number of aliphatic carboxylic acids is 1. The fourth-order valence-corrected chi connectivity index (χ4v) is 12.6. The number of aliphatic hydroxyl groups is 1. The van der Waals surface area contributed by atoms with Crippen molar-refractivity contribution in [3.63, 3.8) is 0 Å². The van der Waals surface area contributed by atoms with Crippen molar-refractivity contribution in [2.45, 2.75) is 257 Å². The fraction of sp³-hybridized carbons (Fsp3) is 0.469. The van der Waals surface area contributed by atoms with Crippen LogP contribution in [0.25, 0.3) is 0 Å². The second kappa shape index (κ2) is 72.4. The average Bonchev–Trinajstić information content (AvgIpc) is 0.953. The summed E-state index contributed by atoms with van der Waals surface area (Å²) in [5.74, 6) is 1.44. The second-order valence-corrected chi connectivity index (χ2v) is 33.7. The molecule has 9 N–H and O–H groups in total. The summed E-state index contributed by atoms with van der Waals surface area (Å²) < 4.78 is 75.7. The first kappa shape index (κ1) is 124. The largest absolute Gasteiger partial charge is 1.00 e. The zero-order valence-corrected chi connectivity index (χ0v) is 89.8. The van der Waals surface area contributed by atoms with Gasteiger partial charge in [-0.25, -0.2) is 14.4 Å². The molecule has 780 valence electrons. The molecule has 5 fully saturated rings. The van der Waals surface area contributed by atoms with Gasteiger partial charge < -0.3 is 67.6 Å². The van der Waals surface area contributed by atoms with Gasteiger partial charge in [0.15, 0.2) is 34.7 Å². The van der Waals surface area contributed by atoms with Crippen LogP contribution in [-0.4, -0.2) is 224 Å². The zero-order valence-electron chi connectivity index (χ0n) is 84.8. The molecule has 0 aliphatic heterocycles. The molecular formula is C96H130Cl4F3N26NaO14Zn. The van der Waals surface area contributed by atoms with Crippen molar-refractivity contribution in [2.75, 3.05) is 51.8 Å². The summed E-state index contributed by atoms with van der Waals surface area (Å²) >= 11 is 11.8. The fourth-order valence-electron chi connectivity index (χ4n) is 12.3. The van der Waals surface area contributed by atoms with E-state index >= 15 is 0 Å². The molecule has 5 aliphatic rings. The first-order chi connectivity index (χ1) is 69.4. The molecule has 11 aromatic rings. The number of esters is 1. The summed E-state index contributed by atoms with van der Waals surface area (Å²) in [6, 6.07) is 27.5. The number of aliphatic hydroxyl groups excluding tert-OH is 1. The van der Waals surface area contributed by atoms with Gasteiger partial charge in [-0.2, -0.15) is 15.3 Å². The molecule has 5 amide bonds. The van der Waals surface area contributed by atoms with Crippen LogP contribution in [0, 0.1) is 12.7 Å². The van der Waals surface area contributed by atoms with E-state index in [1.54, 1.807) is 136 Å². The van der Waals surface area contributed by atoms with Crippen molar-refractivity contribution in [2.24, 2.45) is 0 Å². The Morgan fingerprint density at radius 3 is 1.03 bits per heavy atom. The number of rotatable bonds is 34. The van der Waals surface area contributed by atoms with Gasteiger partial charge in [-0.05, 0) is 242 Å². The van der Waals surface area contributed by atoms with Gasteiger partial charge in [0.2, 0.25) is 11.8 Å². The maximum absolute atomic E-state index is 12.4. The van der Waals surface area contributed by atoms with Crippen LogP contribution in [-0.2, 0) is 99.4 Å². The van der Waals surface area contributed by atoms with Gasteiger partial charge in [0.1, 0.15) is 50.5 Å². The number of nitrogens with two attached hydrogens (primary N) is 1. The number of anilines is 3. The maximum Gasteiger partial charge on any atom is 1.00 e. The van der Waals surface area contributed by atoms with Gasteiger partial charge in [0, 0.05) is 102 Å². The number of carbonyl (C=O) groups is 7. The molecule has 5 saturated carbocycles. The van der Waals surface area contributed by atoms with Crippen LogP contribution in [0.15, 0.2) is 147 Å². The molecule has 0 saturated heterocycles. The molecule has 49 heteroatoms. The van der Waals surface area contributed by atoms with E-state index in [4.69, 9.17) is 70.5 Å². The van der Waals surface area contributed by atoms with Crippen LogP contribution < -0.4 is 80.8 Å². The number of pyridine rings is 5. The van der Waals surface area contributed by atoms with E-state index in [1.807, 2.05) is 48.5 Å². The Labute approximate surface area is 899 Å². The minimum Gasteiger partial charge on any atom is -1.00 e. The summed E-state index contributed by atoms with van der Waals surface area (Å²) in [6.07, 6.45) is 39.1. The normalized spacial score (nSPS) is 13.0. The number of halogens is 7. The Hall–Kier alpha value is -11.9. The van der Waals surface area contributed by atoms with Gasteiger partial charge >= 0.3 is 62.5 Å². The maximum atomic E-state index is 12.4. The summed E-state index contributed by atoms with van der Waals surface area (Å²) in [4.78, 5) is 99.6. The number of alkyl halides is 2. The standard InChI is InChI=1S/2C23H28N8O3.C12H17N7O.C11H13NO3.C9H10ClNO.C6H11O2.C5H3ClFN.C4H8O.2CH3F.CH4.2ClH.Na.Zn.H/c2*1-24-23(33)20-15-31(30-28-20)12-3-2-5-16-8-9-21(29-27-16)26-22(32)14-17-13-19(10-11-25-17)34-18-6-4-7-18;1-14-12(20)10-8-19(18-16-10)7-3-2-4-9-5-6-11(13)17-15-9;13-11(14)7-8-6-10(4-5-12-8)15-9-2-1-3-9;10-9-6-8(4-5-11-9)12-7-2-1-3-7;1-5(7)8-6(2,3)4;6-5-3-4(7)1-2-8-5;5-4-2-1-3-4;2*1-2;;;;;;/h2*8-11,13,15,18H,2-7,12,14H2,1H3,(H,24,33)(H,26,29,32);5-6,8H,2-4,7H2,1H3,(H2,13,17)(H,14,20);4-6,9H,1-3,7H2,(H,13,14);4-7H,1-3H2;1H2,2-4H3;1-3H;4-5H,1-3H2;2*1H3;1H4;2*1H;;;/q;;;;;-1;;;;;;;;+1;+2;-1/p-1/i;;;;;;;;2*1D;;;;;;. The van der Waals surface area contributed by atoms with E-state index in [9.17, 15) is 46.7 Å². The molecule has 0 aromatic carbocycles. The predicted molar refractivity (Wildman–Crippen MR) is 536 cm³/mol. The third-order valence-corrected chi connectivity index (χ3v) is 21.0. The predicted octanol–water partition coefficient (Wildman–Crippen LogP) is 11.9. The second-order valence-electron chi connectivity index (χ2n) is 32.9. The molecule has 0 spiro atoms. The molecule has 145 heavy (non-hydrogen) atoms. The molecule has 16 rings (SSSR count). The van der Waals surface area contributed by atoms with E-state index in [0.717, 1.165) is 173 Å². The van der Waals surface area contributed by atoms with Gasteiger partial charge in [-0.15, -0.1) is 43.0 Å². The van der Waals surface area contributed by atoms with Crippen LogP contribution in [0.3, 0.4) is 0 Å². The number of aromatic nitrogens is 20. The van der Waals surface area contributed by atoms with Crippen LogP contribution in [0.2, 0.25) is 10.3 Å². The number of hydrogen-bond acceptors (Lipinski definition) is 31. The van der Waals surface area contributed by atoms with Crippen molar-refractivity contribution < 1.29 is 132 Å². The number of ether oxygens (including phenoxy) is 5.